The third kappa shape index (κ3) is 3.88. The van der Waals surface area contributed by atoms with Crippen molar-refractivity contribution in [1.29, 1.82) is 0 Å². The molecule has 1 saturated heterocycles. The van der Waals surface area contributed by atoms with Crippen LogP contribution in [0.4, 0.5) is 22.0 Å². The Morgan fingerprint density at radius 3 is 2.42 bits per heavy atom. The van der Waals surface area contributed by atoms with Crippen molar-refractivity contribution in [2.75, 3.05) is 14.2 Å². The topological polar surface area (TPSA) is 80.4 Å². The summed E-state index contributed by atoms with van der Waals surface area (Å²) in [5, 5.41) is 2.32. The summed E-state index contributed by atoms with van der Waals surface area (Å²) in [5.41, 5.74) is -3.58. The van der Waals surface area contributed by atoms with Crippen molar-refractivity contribution in [3.05, 3.63) is 62.6 Å². The molecule has 6 nitrogen and oxygen atoms in total. The van der Waals surface area contributed by atoms with Crippen LogP contribution in [0.5, 0.6) is 5.75 Å². The van der Waals surface area contributed by atoms with Gasteiger partial charge in [-0.05, 0) is 19.9 Å². The zero-order valence-electron chi connectivity index (χ0n) is 18.5. The van der Waals surface area contributed by atoms with E-state index in [0.29, 0.717) is 0 Å². The van der Waals surface area contributed by atoms with Gasteiger partial charge in [0.25, 0.3) is 5.91 Å². The Kier molecular flexibility index (Phi) is 6.31. The molecule has 4 atom stereocenters. The molecule has 1 amide bonds. The molecular formula is C22H23F5N2O4. The van der Waals surface area contributed by atoms with E-state index in [9.17, 15) is 31.5 Å². The van der Waals surface area contributed by atoms with Gasteiger partial charge in [0, 0.05) is 41.9 Å². The largest absolute Gasteiger partial charge is 0.493 e. The highest BCUT2D eigenvalue weighted by molar-refractivity contribution is 5.94. The Bertz CT molecular complexity index is 1150. The van der Waals surface area contributed by atoms with Crippen molar-refractivity contribution in [3.8, 4) is 5.75 Å². The number of H-pyrrole nitrogens is 1. The highest BCUT2D eigenvalue weighted by atomic mass is 19.4. The highest BCUT2D eigenvalue weighted by Gasteiger charge is 2.65. The van der Waals surface area contributed by atoms with Gasteiger partial charge in [-0.25, -0.2) is 4.39 Å². The van der Waals surface area contributed by atoms with Crippen molar-refractivity contribution < 1.29 is 36.2 Å². The molecule has 0 bridgehead atoms. The average Bonchev–Trinajstić information content (AvgIpc) is 3.01. The van der Waals surface area contributed by atoms with Crippen LogP contribution in [0, 0.1) is 24.5 Å². The van der Waals surface area contributed by atoms with Gasteiger partial charge in [0.2, 0.25) is 5.82 Å². The third-order valence-corrected chi connectivity index (χ3v) is 6.31. The Labute approximate surface area is 186 Å². The molecule has 2 N–H and O–H groups in total. The lowest BCUT2D eigenvalue weighted by molar-refractivity contribution is -0.275. The molecule has 1 aliphatic heterocycles. The number of hydrogen-bond acceptors (Lipinski definition) is 4. The van der Waals surface area contributed by atoms with Crippen molar-refractivity contribution in [3.63, 3.8) is 0 Å². The normalized spacial score (nSPS) is 25.2. The second-order valence-corrected chi connectivity index (χ2v) is 8.11. The number of hydrogen-bond donors (Lipinski definition) is 2. The second kappa shape index (κ2) is 8.44. The molecule has 1 aromatic carbocycles. The first-order valence-electron chi connectivity index (χ1n) is 10.0. The minimum Gasteiger partial charge on any atom is -0.493 e. The molecule has 0 spiro atoms. The van der Waals surface area contributed by atoms with Crippen LogP contribution in [0.3, 0.4) is 0 Å². The van der Waals surface area contributed by atoms with Crippen LogP contribution in [0.1, 0.15) is 53.2 Å². The molecule has 1 aromatic heterocycles. The highest BCUT2D eigenvalue weighted by Crippen LogP contribution is 2.59. The van der Waals surface area contributed by atoms with E-state index in [-0.39, 0.29) is 22.5 Å². The van der Waals surface area contributed by atoms with Crippen LogP contribution in [-0.2, 0) is 4.74 Å². The number of nitrogens with one attached hydrogen (secondary N) is 2. The van der Waals surface area contributed by atoms with Crippen molar-refractivity contribution >= 4 is 5.91 Å². The standard InChI is InChI=1S/C22H23F5N2O4/c1-9-15(11-6-7-12(23)17(24)18(11)32-5)19(33-21(9,3)22(25,26)27)13-8-14(30)16(10(2)29-13)20(31)28-4/h6-9,15,19H,1-5H3,(H,28,31)(H,29,30)/t9-,15-,19-,21+/m0/s1. The summed E-state index contributed by atoms with van der Waals surface area (Å²) in [6, 6.07) is 2.92. The van der Waals surface area contributed by atoms with Gasteiger partial charge in [0.05, 0.1) is 7.11 Å². The van der Waals surface area contributed by atoms with Crippen LogP contribution in [0.15, 0.2) is 23.0 Å². The fraction of sp³-hybridized carbons (Fsp3) is 0.455. The summed E-state index contributed by atoms with van der Waals surface area (Å²) in [5.74, 6) is -6.25. The first-order valence-corrected chi connectivity index (χ1v) is 10.0. The van der Waals surface area contributed by atoms with Gasteiger partial charge < -0.3 is 19.8 Å². The summed E-state index contributed by atoms with van der Waals surface area (Å²) >= 11 is 0. The molecule has 33 heavy (non-hydrogen) atoms. The predicted octanol–water partition coefficient (Wildman–Crippen LogP) is 4.14. The van der Waals surface area contributed by atoms with Crippen molar-refractivity contribution in [2.45, 2.75) is 44.6 Å². The van der Waals surface area contributed by atoms with Crippen LogP contribution in [-0.4, -0.2) is 36.8 Å². The Morgan fingerprint density at radius 1 is 1.27 bits per heavy atom. The Morgan fingerprint density at radius 2 is 1.91 bits per heavy atom. The number of aryl methyl sites for hydroxylation is 1. The minimum atomic E-state index is -4.82. The van der Waals surface area contributed by atoms with Crippen LogP contribution in [0.2, 0.25) is 0 Å². The molecule has 2 heterocycles. The smallest absolute Gasteiger partial charge is 0.417 e. The Balaban J connectivity index is 2.26. The molecule has 0 aliphatic carbocycles. The maximum absolute atomic E-state index is 14.4. The lowest BCUT2D eigenvalue weighted by Gasteiger charge is -2.32. The first-order chi connectivity index (χ1) is 15.3. The summed E-state index contributed by atoms with van der Waals surface area (Å²) in [7, 11) is 2.40. The van der Waals surface area contributed by atoms with Crippen molar-refractivity contribution in [2.24, 2.45) is 5.92 Å². The monoisotopic (exact) mass is 474 g/mol. The number of amides is 1. The van der Waals surface area contributed by atoms with Gasteiger partial charge in [-0.3, -0.25) is 9.59 Å². The number of halogens is 5. The van der Waals surface area contributed by atoms with Gasteiger partial charge in [0.1, 0.15) is 11.7 Å². The molecule has 0 saturated carbocycles. The molecule has 3 rings (SSSR count). The molecule has 2 aromatic rings. The molecule has 0 unspecified atom stereocenters. The quantitative estimate of drug-likeness (QED) is 0.653. The maximum atomic E-state index is 14.4. The molecule has 0 radical (unpaired) electrons. The summed E-state index contributed by atoms with van der Waals surface area (Å²) in [4.78, 5) is 27.4. The van der Waals surface area contributed by atoms with E-state index in [1.54, 1.807) is 0 Å². The Hall–Kier alpha value is -2.95. The average molecular weight is 474 g/mol. The fourth-order valence-electron chi connectivity index (χ4n) is 4.35. The number of carbonyl (C=O) groups is 1. The predicted molar refractivity (Wildman–Crippen MR) is 108 cm³/mol. The van der Waals surface area contributed by atoms with Crippen molar-refractivity contribution in [1.82, 2.24) is 10.3 Å². The lowest BCUT2D eigenvalue weighted by atomic mass is 9.76. The zero-order chi connectivity index (χ0) is 24.9. The number of methoxy groups -OCH3 is 1. The molecule has 11 heteroatoms. The number of aromatic nitrogens is 1. The fourth-order valence-corrected chi connectivity index (χ4v) is 4.35. The molecule has 1 fully saturated rings. The number of alkyl halides is 3. The van der Waals surface area contributed by atoms with Gasteiger partial charge in [-0.1, -0.05) is 13.0 Å². The van der Waals surface area contributed by atoms with E-state index < -0.39 is 58.4 Å². The van der Waals surface area contributed by atoms with E-state index in [2.05, 4.69) is 10.3 Å². The summed E-state index contributed by atoms with van der Waals surface area (Å²) in [6.07, 6.45) is -6.22. The van der Waals surface area contributed by atoms with E-state index in [1.165, 1.54) is 20.9 Å². The molecular weight excluding hydrogens is 451 g/mol. The van der Waals surface area contributed by atoms with Gasteiger partial charge in [-0.15, -0.1) is 0 Å². The number of rotatable bonds is 4. The maximum Gasteiger partial charge on any atom is 0.417 e. The van der Waals surface area contributed by atoms with Crippen LogP contribution < -0.4 is 15.5 Å². The SMILES string of the molecule is CNC(=O)c1c(C)[nH]c([C@@H]2O[C@@](C)(C(F)(F)F)[C@@H](C)[C@H]2c2ccc(F)c(F)c2OC)cc1=O. The summed E-state index contributed by atoms with van der Waals surface area (Å²) in [6.45, 7) is 3.56. The molecule has 1 aliphatic rings. The minimum absolute atomic E-state index is 0.0400. The number of benzene rings is 1. The van der Waals surface area contributed by atoms with E-state index in [0.717, 1.165) is 32.2 Å². The van der Waals surface area contributed by atoms with E-state index in [4.69, 9.17) is 9.47 Å². The van der Waals surface area contributed by atoms with Gasteiger partial charge in [0.15, 0.2) is 22.6 Å². The van der Waals surface area contributed by atoms with Gasteiger partial charge >= 0.3 is 6.18 Å². The number of aromatic amines is 1. The van der Waals surface area contributed by atoms with Crippen LogP contribution >= 0.6 is 0 Å². The summed E-state index contributed by atoms with van der Waals surface area (Å²) < 4.78 is 80.9. The zero-order valence-corrected chi connectivity index (χ0v) is 18.5. The van der Waals surface area contributed by atoms with E-state index in [1.807, 2.05) is 0 Å². The second-order valence-electron chi connectivity index (χ2n) is 8.11. The third-order valence-electron chi connectivity index (χ3n) is 6.31. The van der Waals surface area contributed by atoms with E-state index >= 15 is 0 Å². The lowest BCUT2D eigenvalue weighted by Crippen LogP contribution is -2.46. The van der Waals surface area contributed by atoms with Gasteiger partial charge in [-0.2, -0.15) is 17.6 Å². The number of pyridine rings is 1. The van der Waals surface area contributed by atoms with Crippen LogP contribution in [0.25, 0.3) is 0 Å². The number of ether oxygens (including phenoxy) is 2. The number of carbonyl (C=O) groups excluding carboxylic acids is 1. The molecule has 180 valence electrons. The first kappa shape index (κ1) is 24.7.